The smallest absolute Gasteiger partial charge is 0.271 e. The molecule has 2 rings (SSSR count). The monoisotopic (exact) mass is 407 g/mol. The van der Waals surface area contributed by atoms with Gasteiger partial charge in [0.1, 0.15) is 5.75 Å². The summed E-state index contributed by atoms with van der Waals surface area (Å²) in [5, 5.41) is 13.6. The molecule has 0 heterocycles. The molecule has 0 aliphatic carbocycles. The molecule has 2 aromatic rings. The largest absolute Gasteiger partial charge is 0.495 e. The molecule has 2 aromatic carbocycles. The summed E-state index contributed by atoms with van der Waals surface area (Å²) in [4.78, 5) is 22.5. The Morgan fingerprint density at radius 3 is 2.57 bits per heavy atom. The third-order valence-electron chi connectivity index (χ3n) is 3.87. The minimum Gasteiger partial charge on any atom is -0.495 e. The van der Waals surface area contributed by atoms with E-state index in [4.69, 9.17) is 4.74 Å². The molecule has 1 amide bonds. The Hall–Kier alpha value is -3.14. The maximum atomic E-state index is 12.2. The first kappa shape index (κ1) is 21.2. The molecule has 150 valence electrons. The van der Waals surface area contributed by atoms with E-state index in [1.165, 1.54) is 31.4 Å². The van der Waals surface area contributed by atoms with Gasteiger partial charge < -0.3 is 10.1 Å². The fourth-order valence-corrected chi connectivity index (χ4v) is 3.55. The van der Waals surface area contributed by atoms with Gasteiger partial charge in [-0.05, 0) is 24.6 Å². The van der Waals surface area contributed by atoms with Crippen LogP contribution in [0.1, 0.15) is 12.8 Å². The summed E-state index contributed by atoms with van der Waals surface area (Å²) in [6, 6.07) is 12.3. The van der Waals surface area contributed by atoms with Crippen LogP contribution in [0.3, 0.4) is 0 Å². The Labute approximate surface area is 163 Å². The number of nitro benzene ring substituents is 1. The Morgan fingerprint density at radius 1 is 1.21 bits per heavy atom. The van der Waals surface area contributed by atoms with Gasteiger partial charge in [0.2, 0.25) is 15.9 Å². The molecule has 0 aliphatic rings. The van der Waals surface area contributed by atoms with Crippen molar-refractivity contribution in [3.05, 3.63) is 58.6 Å². The topological polar surface area (TPSA) is 119 Å². The number of carbonyl (C=O) groups is 1. The fourth-order valence-electron chi connectivity index (χ4n) is 2.59. The molecular weight excluding hydrogens is 386 g/mol. The molecule has 0 atom stereocenters. The van der Waals surface area contributed by atoms with Crippen molar-refractivity contribution in [1.82, 2.24) is 0 Å². The van der Waals surface area contributed by atoms with Crippen LogP contribution in [0.25, 0.3) is 0 Å². The highest BCUT2D eigenvalue weighted by Crippen LogP contribution is 2.25. The number of methoxy groups -OCH3 is 1. The summed E-state index contributed by atoms with van der Waals surface area (Å²) in [6.07, 6.45) is 1.32. The average molecular weight is 407 g/mol. The maximum Gasteiger partial charge on any atom is 0.271 e. The van der Waals surface area contributed by atoms with Crippen LogP contribution in [0.2, 0.25) is 0 Å². The van der Waals surface area contributed by atoms with Crippen molar-refractivity contribution in [2.75, 3.05) is 29.5 Å². The normalized spacial score (nSPS) is 10.9. The van der Waals surface area contributed by atoms with Gasteiger partial charge in [-0.1, -0.05) is 18.2 Å². The van der Waals surface area contributed by atoms with E-state index in [1.54, 1.807) is 24.3 Å². The molecule has 0 unspecified atom stereocenters. The lowest BCUT2D eigenvalue weighted by Gasteiger charge is -2.22. The summed E-state index contributed by atoms with van der Waals surface area (Å²) >= 11 is 0. The lowest BCUT2D eigenvalue weighted by atomic mass is 10.2. The second kappa shape index (κ2) is 9.18. The van der Waals surface area contributed by atoms with E-state index in [1.807, 2.05) is 0 Å². The van der Waals surface area contributed by atoms with E-state index < -0.39 is 14.9 Å². The van der Waals surface area contributed by atoms with E-state index in [9.17, 15) is 23.3 Å². The number of nitro groups is 1. The standard InChI is InChI=1S/C18H21N3O6S/c1-27-17-10-4-3-9-16(17)19-18(22)11-6-12-20(28(2,25)26)14-7-5-8-15(13-14)21(23)24/h3-5,7-10,13H,6,11-12H2,1-2H3,(H,19,22). The molecule has 10 heteroatoms. The molecule has 1 N–H and O–H groups in total. The van der Waals surface area contributed by atoms with Gasteiger partial charge in [-0.15, -0.1) is 0 Å². The van der Waals surface area contributed by atoms with Crippen molar-refractivity contribution < 1.29 is 22.9 Å². The Morgan fingerprint density at radius 2 is 1.93 bits per heavy atom. The van der Waals surface area contributed by atoms with Crippen molar-refractivity contribution in [3.63, 3.8) is 0 Å². The van der Waals surface area contributed by atoms with Gasteiger partial charge in [0.05, 0.1) is 29.7 Å². The summed E-state index contributed by atoms with van der Waals surface area (Å²) in [5.74, 6) is 0.224. The number of para-hydroxylation sites is 2. The van der Waals surface area contributed by atoms with Crippen LogP contribution in [0, 0.1) is 10.1 Å². The Bertz CT molecular complexity index is 961. The summed E-state index contributed by atoms with van der Waals surface area (Å²) < 4.78 is 30.4. The van der Waals surface area contributed by atoms with E-state index in [0.717, 1.165) is 10.6 Å². The van der Waals surface area contributed by atoms with Gasteiger partial charge >= 0.3 is 0 Å². The fraction of sp³-hybridized carbons (Fsp3) is 0.278. The minimum atomic E-state index is -3.67. The second-order valence-corrected chi connectivity index (χ2v) is 7.87. The number of hydrogen-bond acceptors (Lipinski definition) is 6. The number of benzene rings is 2. The minimum absolute atomic E-state index is 0.0132. The van der Waals surface area contributed by atoms with Crippen LogP contribution in [-0.2, 0) is 14.8 Å². The lowest BCUT2D eigenvalue weighted by molar-refractivity contribution is -0.384. The quantitative estimate of drug-likeness (QED) is 0.504. The Kier molecular flexibility index (Phi) is 6.94. The van der Waals surface area contributed by atoms with Gasteiger partial charge in [0.25, 0.3) is 5.69 Å². The summed E-state index contributed by atoms with van der Waals surface area (Å²) in [6.45, 7) is 0.0132. The molecule has 0 fully saturated rings. The van der Waals surface area contributed by atoms with Gasteiger partial charge in [-0.25, -0.2) is 8.42 Å². The predicted molar refractivity (Wildman–Crippen MR) is 106 cm³/mol. The first-order chi connectivity index (χ1) is 13.2. The SMILES string of the molecule is COc1ccccc1NC(=O)CCCN(c1cccc([N+](=O)[O-])c1)S(C)(=O)=O. The number of sulfonamides is 1. The number of anilines is 2. The van der Waals surface area contributed by atoms with Gasteiger partial charge in [0.15, 0.2) is 0 Å². The predicted octanol–water partition coefficient (Wildman–Crippen LogP) is 2.79. The number of carbonyl (C=O) groups excluding carboxylic acids is 1. The van der Waals surface area contributed by atoms with Crippen molar-refractivity contribution >= 4 is 33.0 Å². The molecule has 0 saturated heterocycles. The van der Waals surface area contributed by atoms with Crippen LogP contribution < -0.4 is 14.4 Å². The summed E-state index contributed by atoms with van der Waals surface area (Å²) in [7, 11) is -2.17. The van der Waals surface area contributed by atoms with Gasteiger partial charge in [0, 0.05) is 25.1 Å². The van der Waals surface area contributed by atoms with Crippen LogP contribution in [0.15, 0.2) is 48.5 Å². The molecule has 0 radical (unpaired) electrons. The summed E-state index contributed by atoms with van der Waals surface area (Å²) in [5.41, 5.74) is 0.496. The zero-order valence-corrected chi connectivity index (χ0v) is 16.3. The molecular formula is C18H21N3O6S. The van der Waals surface area contributed by atoms with Crippen LogP contribution in [0.4, 0.5) is 17.1 Å². The third-order valence-corrected chi connectivity index (χ3v) is 5.07. The van der Waals surface area contributed by atoms with Crippen LogP contribution in [0.5, 0.6) is 5.75 Å². The van der Waals surface area contributed by atoms with Gasteiger partial charge in [-0.3, -0.25) is 19.2 Å². The number of hydrogen-bond donors (Lipinski definition) is 1. The van der Waals surface area contributed by atoms with E-state index in [0.29, 0.717) is 11.4 Å². The molecule has 0 spiro atoms. The second-order valence-electron chi connectivity index (χ2n) is 5.96. The first-order valence-corrected chi connectivity index (χ1v) is 10.2. The third kappa shape index (κ3) is 5.68. The number of nitrogens with zero attached hydrogens (tertiary/aromatic N) is 2. The number of rotatable bonds is 9. The van der Waals surface area contributed by atoms with Crippen molar-refractivity contribution in [2.45, 2.75) is 12.8 Å². The maximum absolute atomic E-state index is 12.2. The number of amides is 1. The molecule has 9 nitrogen and oxygen atoms in total. The van der Waals surface area contributed by atoms with Crippen LogP contribution in [-0.4, -0.2) is 39.2 Å². The zero-order chi connectivity index (χ0) is 20.7. The molecule has 0 aromatic heterocycles. The number of ether oxygens (including phenoxy) is 1. The van der Waals surface area contributed by atoms with Crippen molar-refractivity contribution in [3.8, 4) is 5.75 Å². The molecule has 0 bridgehead atoms. The van der Waals surface area contributed by atoms with Crippen molar-refractivity contribution in [2.24, 2.45) is 0 Å². The molecule has 0 saturated carbocycles. The van der Waals surface area contributed by atoms with E-state index in [-0.39, 0.29) is 36.7 Å². The highest BCUT2D eigenvalue weighted by Gasteiger charge is 2.20. The zero-order valence-electron chi connectivity index (χ0n) is 15.5. The molecule has 0 aliphatic heterocycles. The lowest BCUT2D eigenvalue weighted by Crippen LogP contribution is -2.31. The van der Waals surface area contributed by atoms with E-state index in [2.05, 4.69) is 5.32 Å². The Balaban J connectivity index is 2.04. The van der Waals surface area contributed by atoms with Crippen LogP contribution >= 0.6 is 0 Å². The number of non-ortho nitro benzene ring substituents is 1. The average Bonchev–Trinajstić information content (AvgIpc) is 2.64. The number of nitrogens with one attached hydrogen (secondary N) is 1. The highest BCUT2D eigenvalue weighted by atomic mass is 32.2. The first-order valence-electron chi connectivity index (χ1n) is 8.37. The molecule has 28 heavy (non-hydrogen) atoms. The highest BCUT2D eigenvalue weighted by molar-refractivity contribution is 7.92. The van der Waals surface area contributed by atoms with Gasteiger partial charge in [-0.2, -0.15) is 0 Å². The van der Waals surface area contributed by atoms with E-state index >= 15 is 0 Å². The van der Waals surface area contributed by atoms with Crippen molar-refractivity contribution in [1.29, 1.82) is 0 Å².